The maximum Gasteiger partial charge on any atom is 0.308 e. The lowest BCUT2D eigenvalue weighted by molar-refractivity contribution is -0.141. The highest BCUT2D eigenvalue weighted by Gasteiger charge is 2.22. The zero-order valence-electron chi connectivity index (χ0n) is 12.8. The zero-order chi connectivity index (χ0) is 17.0. The number of benzene rings is 1. The normalized spacial score (nSPS) is 14.6. The van der Waals surface area contributed by atoms with Crippen LogP contribution in [-0.2, 0) is 16.0 Å². The number of aryl methyl sites for hydroxylation is 1. The summed E-state index contributed by atoms with van der Waals surface area (Å²) in [6.07, 6.45) is 1.85. The van der Waals surface area contributed by atoms with Gasteiger partial charge in [-0.2, -0.15) is 0 Å². The fraction of sp³-hybridized carbons (Fsp3) is 0.438. The Hall–Kier alpha value is -2.44. The van der Waals surface area contributed by atoms with E-state index in [0.29, 0.717) is 30.5 Å². The van der Waals surface area contributed by atoms with Crippen molar-refractivity contribution in [3.8, 4) is 0 Å². The number of carbonyl (C=O) groups is 3. The van der Waals surface area contributed by atoms with E-state index in [0.717, 1.165) is 6.07 Å². The van der Waals surface area contributed by atoms with Crippen LogP contribution in [-0.4, -0.2) is 29.4 Å². The third-order valence-electron chi connectivity index (χ3n) is 3.83. The van der Waals surface area contributed by atoms with Gasteiger partial charge in [0.1, 0.15) is 5.82 Å². The van der Waals surface area contributed by atoms with Crippen molar-refractivity contribution in [1.29, 1.82) is 0 Å². The Labute approximate surface area is 133 Å². The molecule has 1 aromatic carbocycles. The Balaban J connectivity index is 2.10. The maximum absolute atomic E-state index is 14.1. The summed E-state index contributed by atoms with van der Waals surface area (Å²) in [6.45, 7) is 1.81. The van der Waals surface area contributed by atoms with E-state index in [2.05, 4.69) is 10.6 Å². The van der Waals surface area contributed by atoms with Crippen LogP contribution in [0.25, 0.3) is 0 Å². The van der Waals surface area contributed by atoms with E-state index in [1.165, 1.54) is 6.07 Å². The SMILES string of the molecule is CCCC(CNC(=O)c1cc2c(cc1F)NC(=O)CC2)C(=O)O. The molecule has 0 radical (unpaired) electrons. The van der Waals surface area contributed by atoms with E-state index in [1.807, 2.05) is 6.92 Å². The van der Waals surface area contributed by atoms with Crippen molar-refractivity contribution < 1.29 is 23.9 Å². The first kappa shape index (κ1) is 16.9. The lowest BCUT2D eigenvalue weighted by atomic mass is 9.99. The Kier molecular flexibility index (Phi) is 5.31. The number of halogens is 1. The monoisotopic (exact) mass is 322 g/mol. The largest absolute Gasteiger partial charge is 0.481 e. The number of hydrogen-bond donors (Lipinski definition) is 3. The number of rotatable bonds is 6. The van der Waals surface area contributed by atoms with Gasteiger partial charge in [0.25, 0.3) is 5.91 Å². The number of nitrogens with one attached hydrogen (secondary N) is 2. The van der Waals surface area contributed by atoms with Crippen LogP contribution in [0.1, 0.15) is 42.1 Å². The van der Waals surface area contributed by atoms with Gasteiger partial charge in [-0.25, -0.2) is 4.39 Å². The molecule has 7 heteroatoms. The summed E-state index contributed by atoms with van der Waals surface area (Å²) < 4.78 is 14.1. The van der Waals surface area contributed by atoms with E-state index in [-0.39, 0.29) is 24.4 Å². The molecule has 124 valence electrons. The fourth-order valence-electron chi connectivity index (χ4n) is 2.55. The maximum atomic E-state index is 14.1. The molecule has 0 fully saturated rings. The smallest absolute Gasteiger partial charge is 0.308 e. The number of carbonyl (C=O) groups excluding carboxylic acids is 2. The van der Waals surface area contributed by atoms with E-state index in [9.17, 15) is 18.8 Å². The molecule has 1 atom stereocenters. The number of fused-ring (bicyclic) bond motifs is 1. The van der Waals surface area contributed by atoms with Crippen molar-refractivity contribution in [2.24, 2.45) is 5.92 Å². The first-order valence-electron chi connectivity index (χ1n) is 7.55. The molecule has 3 N–H and O–H groups in total. The molecule has 0 spiro atoms. The van der Waals surface area contributed by atoms with Gasteiger partial charge in [0.15, 0.2) is 0 Å². The molecule has 1 aromatic rings. The number of hydrogen-bond acceptors (Lipinski definition) is 3. The Morgan fingerprint density at radius 1 is 1.39 bits per heavy atom. The highest BCUT2D eigenvalue weighted by molar-refractivity contribution is 5.98. The van der Waals surface area contributed by atoms with Crippen LogP contribution in [0.2, 0.25) is 0 Å². The van der Waals surface area contributed by atoms with E-state index in [4.69, 9.17) is 5.11 Å². The summed E-state index contributed by atoms with van der Waals surface area (Å²) in [6, 6.07) is 2.54. The quantitative estimate of drug-likeness (QED) is 0.746. The third kappa shape index (κ3) is 4.06. The van der Waals surface area contributed by atoms with Gasteiger partial charge in [-0.1, -0.05) is 13.3 Å². The minimum atomic E-state index is -0.985. The van der Waals surface area contributed by atoms with Crippen molar-refractivity contribution in [3.63, 3.8) is 0 Å². The summed E-state index contributed by atoms with van der Waals surface area (Å²) in [4.78, 5) is 34.5. The van der Waals surface area contributed by atoms with Gasteiger partial charge in [-0.15, -0.1) is 0 Å². The second kappa shape index (κ2) is 7.21. The molecule has 0 aromatic heterocycles. The first-order valence-corrected chi connectivity index (χ1v) is 7.55. The highest BCUT2D eigenvalue weighted by atomic mass is 19.1. The van der Waals surface area contributed by atoms with Crippen LogP contribution in [0.15, 0.2) is 12.1 Å². The predicted molar refractivity (Wildman–Crippen MR) is 81.7 cm³/mol. The molecule has 1 heterocycles. The molecule has 0 aliphatic carbocycles. The van der Waals surface area contributed by atoms with Crippen molar-refractivity contribution in [2.45, 2.75) is 32.6 Å². The van der Waals surface area contributed by atoms with Crippen molar-refractivity contribution in [2.75, 3.05) is 11.9 Å². The summed E-state index contributed by atoms with van der Waals surface area (Å²) in [7, 11) is 0. The van der Waals surface area contributed by atoms with Crippen molar-refractivity contribution in [3.05, 3.63) is 29.1 Å². The molecule has 23 heavy (non-hydrogen) atoms. The van der Waals surface area contributed by atoms with E-state index < -0.39 is 23.6 Å². The highest BCUT2D eigenvalue weighted by Crippen LogP contribution is 2.25. The van der Waals surface area contributed by atoms with Gasteiger partial charge >= 0.3 is 5.97 Å². The summed E-state index contributed by atoms with van der Waals surface area (Å²) in [5.74, 6) is -3.25. The molecule has 2 amide bonds. The molecule has 1 aliphatic heterocycles. The minimum absolute atomic E-state index is 0.0464. The molecule has 0 saturated carbocycles. The van der Waals surface area contributed by atoms with Crippen LogP contribution >= 0.6 is 0 Å². The summed E-state index contributed by atoms with van der Waals surface area (Å²) in [5.41, 5.74) is 0.935. The van der Waals surface area contributed by atoms with E-state index in [1.54, 1.807) is 0 Å². The second-order valence-corrected chi connectivity index (χ2v) is 5.57. The molecule has 0 bridgehead atoms. The molecule has 0 saturated heterocycles. The number of amides is 2. The Bertz CT molecular complexity index is 645. The predicted octanol–water partition coefficient (Wildman–Crippen LogP) is 1.94. The fourth-order valence-corrected chi connectivity index (χ4v) is 2.55. The molecule has 2 rings (SSSR count). The first-order chi connectivity index (χ1) is 10.9. The molecule has 1 unspecified atom stereocenters. The minimum Gasteiger partial charge on any atom is -0.481 e. The van der Waals surface area contributed by atoms with Crippen molar-refractivity contribution >= 4 is 23.5 Å². The second-order valence-electron chi connectivity index (χ2n) is 5.57. The average Bonchev–Trinajstić information content (AvgIpc) is 2.50. The zero-order valence-corrected chi connectivity index (χ0v) is 12.8. The Morgan fingerprint density at radius 2 is 2.13 bits per heavy atom. The lowest BCUT2D eigenvalue weighted by Gasteiger charge is -2.18. The van der Waals surface area contributed by atoms with Crippen LogP contribution in [0.4, 0.5) is 10.1 Å². The van der Waals surface area contributed by atoms with Crippen LogP contribution in [0.5, 0.6) is 0 Å². The molecular formula is C16H19FN2O4. The van der Waals surface area contributed by atoms with Crippen LogP contribution in [0.3, 0.4) is 0 Å². The number of carboxylic acids is 1. The summed E-state index contributed by atoms with van der Waals surface area (Å²) in [5, 5.41) is 14.1. The number of carboxylic acid groups (broad SMARTS) is 1. The van der Waals surface area contributed by atoms with Crippen LogP contribution in [0, 0.1) is 11.7 Å². The standard InChI is InChI=1S/C16H19FN2O4/c1-2-3-10(16(22)23)8-18-15(21)11-6-9-4-5-14(20)19-13(9)7-12(11)17/h6-7,10H,2-5,8H2,1H3,(H,18,21)(H,19,20)(H,22,23). The molecule has 1 aliphatic rings. The van der Waals surface area contributed by atoms with Gasteiger partial charge in [-0.05, 0) is 30.5 Å². The Morgan fingerprint density at radius 3 is 2.78 bits per heavy atom. The topological polar surface area (TPSA) is 95.5 Å². The number of anilines is 1. The lowest BCUT2D eigenvalue weighted by Crippen LogP contribution is -2.33. The summed E-state index contributed by atoms with van der Waals surface area (Å²) >= 11 is 0. The van der Waals surface area contributed by atoms with Crippen LogP contribution < -0.4 is 10.6 Å². The van der Waals surface area contributed by atoms with Gasteiger partial charge in [0.05, 0.1) is 11.5 Å². The van der Waals surface area contributed by atoms with Gasteiger partial charge < -0.3 is 15.7 Å². The van der Waals surface area contributed by atoms with Gasteiger partial charge in [0, 0.05) is 18.7 Å². The molecular weight excluding hydrogens is 303 g/mol. The van der Waals surface area contributed by atoms with Gasteiger partial charge in [0.2, 0.25) is 5.91 Å². The average molecular weight is 322 g/mol. The molecule has 6 nitrogen and oxygen atoms in total. The van der Waals surface area contributed by atoms with Gasteiger partial charge in [-0.3, -0.25) is 14.4 Å². The number of aliphatic carboxylic acids is 1. The van der Waals surface area contributed by atoms with Crippen molar-refractivity contribution in [1.82, 2.24) is 5.32 Å². The third-order valence-corrected chi connectivity index (χ3v) is 3.83. The van der Waals surface area contributed by atoms with E-state index >= 15 is 0 Å².